The number of ether oxygens (including phenoxy) is 3. The minimum Gasteiger partial charge on any atom is -0.462 e. The van der Waals surface area contributed by atoms with E-state index in [1.54, 1.807) is 0 Å². The third-order valence-corrected chi connectivity index (χ3v) is 14.2. The highest BCUT2D eigenvalue weighted by atomic mass is 16.6. The Morgan fingerprint density at radius 2 is 0.514 bits per heavy atom. The highest BCUT2D eigenvalue weighted by Gasteiger charge is 2.19. The highest BCUT2D eigenvalue weighted by molar-refractivity contribution is 5.71. The third-order valence-electron chi connectivity index (χ3n) is 14.2. The monoisotopic (exact) mass is 985 g/mol. The Kier molecular flexibility index (Phi) is 57.7. The molecule has 0 saturated heterocycles. The van der Waals surface area contributed by atoms with Crippen molar-refractivity contribution in [3.63, 3.8) is 0 Å². The van der Waals surface area contributed by atoms with Gasteiger partial charge in [0.1, 0.15) is 13.2 Å². The number of carbonyl (C=O) groups is 3. The van der Waals surface area contributed by atoms with E-state index in [9.17, 15) is 14.4 Å². The second kappa shape index (κ2) is 59.5. The van der Waals surface area contributed by atoms with Crippen LogP contribution in [-0.4, -0.2) is 37.2 Å². The van der Waals surface area contributed by atoms with Crippen LogP contribution < -0.4 is 0 Å². The van der Waals surface area contributed by atoms with Crippen LogP contribution in [0.3, 0.4) is 0 Å². The highest BCUT2D eigenvalue weighted by Crippen LogP contribution is 2.18. The van der Waals surface area contributed by atoms with Crippen LogP contribution in [0.15, 0.2) is 24.3 Å². The number of rotatable bonds is 58. The largest absolute Gasteiger partial charge is 0.462 e. The number of hydrogen-bond acceptors (Lipinski definition) is 6. The molecule has 0 heterocycles. The molecule has 0 aliphatic carbocycles. The first kappa shape index (κ1) is 67.9. The summed E-state index contributed by atoms with van der Waals surface area (Å²) >= 11 is 0. The zero-order valence-corrected chi connectivity index (χ0v) is 47.3. The summed E-state index contributed by atoms with van der Waals surface area (Å²) in [7, 11) is 0. The molecule has 0 spiro atoms. The lowest BCUT2D eigenvalue weighted by Crippen LogP contribution is -2.30. The van der Waals surface area contributed by atoms with Crippen LogP contribution in [0.2, 0.25) is 0 Å². The maximum atomic E-state index is 12.8. The van der Waals surface area contributed by atoms with Crippen LogP contribution in [0.25, 0.3) is 0 Å². The fourth-order valence-corrected chi connectivity index (χ4v) is 9.48. The molecule has 70 heavy (non-hydrogen) atoms. The molecule has 0 aromatic rings. The smallest absolute Gasteiger partial charge is 0.306 e. The van der Waals surface area contributed by atoms with Gasteiger partial charge in [0.25, 0.3) is 0 Å². The maximum absolute atomic E-state index is 12.8. The van der Waals surface area contributed by atoms with Gasteiger partial charge >= 0.3 is 17.9 Å². The summed E-state index contributed by atoms with van der Waals surface area (Å²) < 4.78 is 16.7. The molecule has 6 nitrogen and oxygen atoms in total. The van der Waals surface area contributed by atoms with E-state index in [1.807, 2.05) is 0 Å². The first-order valence-corrected chi connectivity index (χ1v) is 31.3. The number of carbonyl (C=O) groups excluding carboxylic acids is 3. The van der Waals surface area contributed by atoms with Crippen molar-refractivity contribution in [3.8, 4) is 0 Å². The predicted molar refractivity (Wildman–Crippen MR) is 303 cm³/mol. The van der Waals surface area contributed by atoms with Crippen molar-refractivity contribution < 1.29 is 28.6 Å². The van der Waals surface area contributed by atoms with Crippen LogP contribution in [0.1, 0.15) is 348 Å². The van der Waals surface area contributed by atoms with E-state index in [4.69, 9.17) is 14.2 Å². The van der Waals surface area contributed by atoms with Gasteiger partial charge in [0.2, 0.25) is 0 Å². The van der Waals surface area contributed by atoms with Gasteiger partial charge in [-0.2, -0.15) is 0 Å². The van der Waals surface area contributed by atoms with Crippen LogP contribution in [0.4, 0.5) is 0 Å². The SMILES string of the molecule is CCCCCC/C=C\C/C=C\CCCCCCCC(=O)OC(COC(=O)CCCCCCC)COC(=O)CCCCCCCCCCCCCCCCCCCCCCCCCCCCCCCCC. The van der Waals surface area contributed by atoms with Crippen LogP contribution in [0.5, 0.6) is 0 Å². The molecule has 0 aromatic heterocycles. The second-order valence-electron chi connectivity index (χ2n) is 21.3. The summed E-state index contributed by atoms with van der Waals surface area (Å²) in [6.07, 6.45) is 71.1. The van der Waals surface area contributed by atoms with Crippen molar-refractivity contribution >= 4 is 17.9 Å². The maximum Gasteiger partial charge on any atom is 0.306 e. The van der Waals surface area contributed by atoms with E-state index in [1.165, 1.54) is 225 Å². The van der Waals surface area contributed by atoms with E-state index in [-0.39, 0.29) is 31.1 Å². The molecule has 6 heteroatoms. The molecule has 0 rings (SSSR count). The van der Waals surface area contributed by atoms with E-state index in [0.717, 1.165) is 83.5 Å². The van der Waals surface area contributed by atoms with Crippen molar-refractivity contribution in [1.29, 1.82) is 0 Å². The van der Waals surface area contributed by atoms with Crippen molar-refractivity contribution in [2.75, 3.05) is 13.2 Å². The quantitative estimate of drug-likeness (QED) is 0.0261. The number of unbranched alkanes of at least 4 members (excludes halogenated alkanes) is 43. The Morgan fingerprint density at radius 3 is 0.800 bits per heavy atom. The van der Waals surface area contributed by atoms with E-state index in [2.05, 4.69) is 45.1 Å². The second-order valence-corrected chi connectivity index (χ2v) is 21.3. The normalized spacial score (nSPS) is 12.1. The molecule has 412 valence electrons. The summed E-state index contributed by atoms with van der Waals surface area (Å²) in [4.78, 5) is 37.8. The number of esters is 3. The molecular weight excluding hydrogens is 865 g/mol. The lowest BCUT2D eigenvalue weighted by atomic mass is 10.0. The zero-order valence-electron chi connectivity index (χ0n) is 47.3. The summed E-state index contributed by atoms with van der Waals surface area (Å²) in [6.45, 7) is 6.58. The van der Waals surface area contributed by atoms with Gasteiger partial charge in [-0.25, -0.2) is 0 Å². The molecule has 0 radical (unpaired) electrons. The Morgan fingerprint density at radius 1 is 0.286 bits per heavy atom. The van der Waals surface area contributed by atoms with E-state index < -0.39 is 6.10 Å². The Hall–Kier alpha value is -2.11. The Balaban J connectivity index is 3.90. The van der Waals surface area contributed by atoms with Gasteiger partial charge in [-0.05, 0) is 51.4 Å². The number of hydrogen-bond donors (Lipinski definition) is 0. The van der Waals surface area contributed by atoms with Gasteiger partial charge in [-0.1, -0.05) is 302 Å². The molecule has 1 atom stereocenters. The van der Waals surface area contributed by atoms with Crippen LogP contribution in [-0.2, 0) is 28.6 Å². The average molecular weight is 986 g/mol. The number of allylic oxidation sites excluding steroid dienone is 4. The molecule has 0 aliphatic rings. The van der Waals surface area contributed by atoms with Gasteiger partial charge in [-0.3, -0.25) is 14.4 Å². The van der Waals surface area contributed by atoms with Crippen molar-refractivity contribution in [2.24, 2.45) is 0 Å². The fourth-order valence-electron chi connectivity index (χ4n) is 9.48. The molecule has 0 bridgehead atoms. The first-order chi connectivity index (χ1) is 34.5. The molecule has 0 amide bonds. The zero-order chi connectivity index (χ0) is 50.7. The Labute approximate surface area is 436 Å². The van der Waals surface area contributed by atoms with Crippen LogP contribution >= 0.6 is 0 Å². The lowest BCUT2D eigenvalue weighted by molar-refractivity contribution is -0.167. The van der Waals surface area contributed by atoms with Crippen molar-refractivity contribution in [3.05, 3.63) is 24.3 Å². The minimum absolute atomic E-state index is 0.0732. The summed E-state index contributed by atoms with van der Waals surface area (Å²) in [6, 6.07) is 0. The first-order valence-electron chi connectivity index (χ1n) is 31.3. The predicted octanol–water partition coefficient (Wildman–Crippen LogP) is 21.1. The summed E-state index contributed by atoms with van der Waals surface area (Å²) in [5.41, 5.74) is 0. The lowest BCUT2D eigenvalue weighted by Gasteiger charge is -2.18. The third kappa shape index (κ3) is 56.8. The van der Waals surface area contributed by atoms with Gasteiger partial charge < -0.3 is 14.2 Å². The molecular formula is C64H120O6. The topological polar surface area (TPSA) is 78.9 Å². The molecule has 0 aliphatic heterocycles. The van der Waals surface area contributed by atoms with Gasteiger partial charge in [-0.15, -0.1) is 0 Å². The molecule has 0 N–H and O–H groups in total. The minimum atomic E-state index is -0.772. The molecule has 0 aromatic carbocycles. The average Bonchev–Trinajstić information content (AvgIpc) is 3.36. The summed E-state index contributed by atoms with van der Waals surface area (Å²) in [5, 5.41) is 0. The van der Waals surface area contributed by atoms with Crippen molar-refractivity contribution in [1.82, 2.24) is 0 Å². The van der Waals surface area contributed by atoms with E-state index in [0.29, 0.717) is 19.3 Å². The fraction of sp³-hybridized carbons (Fsp3) is 0.891. The summed E-state index contributed by atoms with van der Waals surface area (Å²) in [5.74, 6) is -0.883. The van der Waals surface area contributed by atoms with Gasteiger partial charge in [0, 0.05) is 19.3 Å². The standard InChI is InChI=1S/C64H120O6/c1-4-7-10-13-15-17-19-21-23-25-26-27-28-29-30-31-32-33-34-35-36-37-38-39-41-42-44-46-48-51-54-57-63(66)69-60-61(59-68-62(65)56-53-50-12-9-6-3)70-64(67)58-55-52-49-47-45-43-40-24-22-20-18-16-14-11-8-5-2/h18,20,24,40,61H,4-17,19,21-23,25-39,41-60H2,1-3H3/b20-18-,40-24-. The van der Waals surface area contributed by atoms with Crippen LogP contribution in [0, 0.1) is 0 Å². The van der Waals surface area contributed by atoms with Crippen molar-refractivity contribution in [2.45, 2.75) is 354 Å². The van der Waals surface area contributed by atoms with Gasteiger partial charge in [0.05, 0.1) is 0 Å². The Bertz CT molecular complexity index is 1130. The van der Waals surface area contributed by atoms with Gasteiger partial charge in [0.15, 0.2) is 6.10 Å². The van der Waals surface area contributed by atoms with E-state index >= 15 is 0 Å². The molecule has 1 unspecified atom stereocenters. The molecule has 0 saturated carbocycles. The molecule has 0 fully saturated rings.